The summed E-state index contributed by atoms with van der Waals surface area (Å²) in [4.78, 5) is 7.88. The quantitative estimate of drug-likeness (QED) is 0.206. The lowest BCUT2D eigenvalue weighted by Gasteiger charge is -2.44. The largest absolute Gasteiger partial charge is 0.325 e. The third-order valence-corrected chi connectivity index (χ3v) is 13.9. The van der Waals surface area contributed by atoms with Crippen LogP contribution in [-0.4, -0.2) is 58.9 Å². The van der Waals surface area contributed by atoms with Crippen LogP contribution in [0.1, 0.15) is 61.5 Å². The van der Waals surface area contributed by atoms with Crippen molar-refractivity contribution in [2.45, 2.75) is 79.8 Å². The highest BCUT2D eigenvalue weighted by Crippen LogP contribution is 2.67. The molecule has 1 aromatic heterocycles. The monoisotopic (exact) mass is 614 g/mol. The number of rotatable bonds is 8. The predicted molar refractivity (Wildman–Crippen MR) is 171 cm³/mol. The zero-order valence-corrected chi connectivity index (χ0v) is 26.5. The van der Waals surface area contributed by atoms with E-state index in [0.717, 1.165) is 43.1 Å². The fourth-order valence-corrected chi connectivity index (χ4v) is 11.2. The van der Waals surface area contributed by atoms with E-state index in [-0.39, 0.29) is 15.3 Å². The second-order valence-corrected chi connectivity index (χ2v) is 15.9. The third-order valence-electron chi connectivity index (χ3n) is 11.6. The van der Waals surface area contributed by atoms with Crippen molar-refractivity contribution in [1.82, 2.24) is 18.8 Å². The van der Waals surface area contributed by atoms with Gasteiger partial charge < -0.3 is 4.57 Å². The normalized spacial score (nSPS) is 31.0. The maximum atomic E-state index is 13.7. The first-order chi connectivity index (χ1) is 20.7. The van der Waals surface area contributed by atoms with E-state index >= 15 is 0 Å². The van der Waals surface area contributed by atoms with E-state index in [2.05, 4.69) is 64.9 Å². The van der Waals surface area contributed by atoms with Crippen molar-refractivity contribution in [1.29, 1.82) is 0 Å². The Morgan fingerprint density at radius 1 is 1.00 bits per heavy atom. The van der Waals surface area contributed by atoms with Crippen LogP contribution in [0.4, 0.5) is 0 Å². The topological polar surface area (TPSA) is 58.2 Å². The molecule has 3 fully saturated rings. The summed E-state index contributed by atoms with van der Waals surface area (Å²) in [6.45, 7) is 3.61. The minimum atomic E-state index is -3.73. The molecular weight excluding hydrogens is 576 g/mol. The number of aromatic nitrogens is 2. The number of hydrogen-bond donors (Lipinski definition) is 0. The fourth-order valence-electron chi connectivity index (χ4n) is 9.41. The Labute approximate surface area is 259 Å². The summed E-state index contributed by atoms with van der Waals surface area (Å²) < 4.78 is 31.6. The zero-order chi connectivity index (χ0) is 29.6. The molecule has 2 saturated carbocycles. The molecule has 0 amide bonds. The van der Waals surface area contributed by atoms with Gasteiger partial charge in [-0.1, -0.05) is 60.1 Å². The van der Waals surface area contributed by atoms with Gasteiger partial charge in [0.2, 0.25) is 10.0 Å². The van der Waals surface area contributed by atoms with Gasteiger partial charge in [-0.3, -0.25) is 4.90 Å². The highest BCUT2D eigenvalue weighted by atomic mass is 35.5. The number of fused-ring (bicyclic) bond motifs is 2. The van der Waals surface area contributed by atoms with Gasteiger partial charge in [0.15, 0.2) is 0 Å². The molecule has 3 aromatic carbocycles. The molecule has 43 heavy (non-hydrogen) atoms. The van der Waals surface area contributed by atoms with Crippen LogP contribution >= 0.6 is 11.6 Å². The highest BCUT2D eigenvalue weighted by molar-refractivity contribution is 7.89. The molecule has 0 radical (unpaired) electrons. The maximum Gasteiger partial charge on any atom is 0.244 e. The van der Waals surface area contributed by atoms with Crippen molar-refractivity contribution < 1.29 is 8.42 Å². The number of para-hydroxylation sites is 2. The average Bonchev–Trinajstić information content (AvgIpc) is 3.35. The van der Waals surface area contributed by atoms with Gasteiger partial charge in [-0.15, -0.1) is 0 Å². The third kappa shape index (κ3) is 4.11. The van der Waals surface area contributed by atoms with Gasteiger partial charge in [-0.25, -0.2) is 13.4 Å². The SMILES string of the molecule is Cc1nc2ccccc2n1[C@@H]1C[C@@H]2CCC23[C@H](C1)N3CC[C@@]1(CN(C)S(=O)(=O)c2ccccc2Cl)CCc2ccccc21. The van der Waals surface area contributed by atoms with Crippen LogP contribution in [-0.2, 0) is 21.9 Å². The Hall–Kier alpha value is -2.71. The van der Waals surface area contributed by atoms with E-state index in [9.17, 15) is 8.42 Å². The Kier molecular flexibility index (Phi) is 6.40. The number of aryl methyl sites for hydroxylation is 2. The number of likely N-dealkylation sites (tertiary alicyclic amines) is 1. The molecule has 0 bridgehead atoms. The summed E-state index contributed by atoms with van der Waals surface area (Å²) in [5.41, 5.74) is 5.16. The van der Waals surface area contributed by atoms with Crippen molar-refractivity contribution in [2.75, 3.05) is 20.1 Å². The second kappa shape index (κ2) is 9.90. The molecule has 8 rings (SSSR count). The summed E-state index contributed by atoms with van der Waals surface area (Å²) in [5.74, 6) is 1.85. The van der Waals surface area contributed by atoms with Crippen LogP contribution in [0.3, 0.4) is 0 Å². The zero-order valence-electron chi connectivity index (χ0n) is 24.9. The van der Waals surface area contributed by atoms with Crippen molar-refractivity contribution >= 4 is 32.7 Å². The molecule has 1 spiro atoms. The van der Waals surface area contributed by atoms with Crippen LogP contribution < -0.4 is 0 Å². The molecule has 4 aromatic rings. The molecule has 4 aliphatic rings. The van der Waals surface area contributed by atoms with Crippen molar-refractivity contribution in [3.8, 4) is 0 Å². The molecule has 2 heterocycles. The molecule has 0 N–H and O–H groups in total. The van der Waals surface area contributed by atoms with Crippen molar-refractivity contribution in [2.24, 2.45) is 5.92 Å². The van der Waals surface area contributed by atoms with E-state index in [1.54, 1.807) is 35.6 Å². The van der Waals surface area contributed by atoms with Crippen LogP contribution in [0.15, 0.2) is 77.7 Å². The summed E-state index contributed by atoms with van der Waals surface area (Å²) >= 11 is 6.37. The van der Waals surface area contributed by atoms with E-state index in [0.29, 0.717) is 24.2 Å². The minimum Gasteiger partial charge on any atom is -0.325 e. The molecule has 6 atom stereocenters. The maximum absolute atomic E-state index is 13.7. The smallest absolute Gasteiger partial charge is 0.244 e. The number of sulfonamides is 1. The lowest BCUT2D eigenvalue weighted by atomic mass is 9.63. The molecular formula is C35H39ClN4O2S. The van der Waals surface area contributed by atoms with Crippen LogP contribution in [0, 0.1) is 12.8 Å². The Morgan fingerprint density at radius 3 is 2.58 bits per heavy atom. The first-order valence-electron chi connectivity index (χ1n) is 15.7. The number of nitrogens with zero attached hydrogens (tertiary/aromatic N) is 4. The highest BCUT2D eigenvalue weighted by Gasteiger charge is 2.72. The molecule has 8 heteroatoms. The number of benzene rings is 3. The summed E-state index contributed by atoms with van der Waals surface area (Å²) in [6, 6.07) is 25.1. The van der Waals surface area contributed by atoms with Crippen LogP contribution in [0.5, 0.6) is 0 Å². The van der Waals surface area contributed by atoms with Crippen molar-refractivity contribution in [3.63, 3.8) is 0 Å². The average molecular weight is 615 g/mol. The molecule has 1 aliphatic heterocycles. The Morgan fingerprint density at radius 2 is 1.77 bits per heavy atom. The number of imidazole rings is 1. The van der Waals surface area contributed by atoms with Crippen LogP contribution in [0.2, 0.25) is 5.02 Å². The van der Waals surface area contributed by atoms with Gasteiger partial charge in [0.25, 0.3) is 0 Å². The second-order valence-electron chi connectivity index (χ2n) is 13.5. The van der Waals surface area contributed by atoms with Gasteiger partial charge in [-0.2, -0.15) is 4.31 Å². The summed E-state index contributed by atoms with van der Waals surface area (Å²) in [6.07, 6.45) is 7.90. The molecule has 1 saturated heterocycles. The predicted octanol–water partition coefficient (Wildman–Crippen LogP) is 6.76. The van der Waals surface area contributed by atoms with E-state index in [4.69, 9.17) is 16.6 Å². The number of hydrogen-bond acceptors (Lipinski definition) is 4. The lowest BCUT2D eigenvalue weighted by molar-refractivity contribution is 0.112. The van der Waals surface area contributed by atoms with Crippen LogP contribution in [0.25, 0.3) is 11.0 Å². The molecule has 3 aliphatic carbocycles. The van der Waals surface area contributed by atoms with E-state index in [1.807, 2.05) is 0 Å². The molecule has 6 nitrogen and oxygen atoms in total. The van der Waals surface area contributed by atoms with Gasteiger partial charge in [0.05, 0.1) is 16.1 Å². The van der Waals surface area contributed by atoms with Gasteiger partial charge in [0, 0.05) is 43.2 Å². The van der Waals surface area contributed by atoms with E-state index < -0.39 is 10.0 Å². The minimum absolute atomic E-state index is 0.183. The fraction of sp³-hybridized carbons (Fsp3) is 0.457. The molecule has 224 valence electrons. The lowest BCUT2D eigenvalue weighted by Crippen LogP contribution is -2.45. The summed E-state index contributed by atoms with van der Waals surface area (Å²) in [5, 5.41) is 0.272. The first kappa shape index (κ1) is 27.8. The van der Waals surface area contributed by atoms with Gasteiger partial charge >= 0.3 is 0 Å². The van der Waals surface area contributed by atoms with E-state index in [1.165, 1.54) is 42.3 Å². The Balaban J connectivity index is 1.06. The summed E-state index contributed by atoms with van der Waals surface area (Å²) in [7, 11) is -2.00. The number of likely N-dealkylation sites (N-methyl/N-ethyl adjacent to an activating group) is 1. The molecule has 2 unspecified atom stereocenters. The standard InChI is InChI=1S/C35H39ClN4O2S/c1-24-37-30-12-6-7-13-31(30)40(24)27-21-26-16-18-35(26)33(22-27)39(35)20-19-34(17-15-25-9-3-4-10-28(25)34)23-38(2)43(41,42)32-14-8-5-11-29(32)36/h3-14,26-27,33H,15-23H2,1-2H3/t26-,27+,33-,34+,35?,39?/m0/s1. The van der Waals surface area contributed by atoms with Crippen molar-refractivity contribution in [3.05, 3.63) is 94.8 Å². The van der Waals surface area contributed by atoms with Gasteiger partial charge in [-0.05, 0) is 93.2 Å². The number of halogens is 1. The first-order valence-corrected chi connectivity index (χ1v) is 17.6. The van der Waals surface area contributed by atoms with Gasteiger partial charge in [0.1, 0.15) is 10.7 Å². The Bertz CT molecular complexity index is 1840.